The summed E-state index contributed by atoms with van der Waals surface area (Å²) in [4.78, 5) is 31.0. The van der Waals surface area contributed by atoms with Crippen molar-refractivity contribution < 1.29 is 29.0 Å². The van der Waals surface area contributed by atoms with Crippen molar-refractivity contribution in [3.63, 3.8) is 0 Å². The number of furan rings is 1. The molecule has 3 aromatic heterocycles. The average molecular weight is 590 g/mol. The molecule has 0 aliphatic carbocycles. The van der Waals surface area contributed by atoms with E-state index in [1.807, 2.05) is 36.4 Å². The number of likely N-dealkylation sites (tertiary alicyclic amines) is 1. The monoisotopic (exact) mass is 589 g/mol. The lowest BCUT2D eigenvalue weighted by Gasteiger charge is -2.32. The molecule has 1 aliphatic rings. The van der Waals surface area contributed by atoms with Crippen LogP contribution >= 0.6 is 11.3 Å². The third-order valence-corrected chi connectivity index (χ3v) is 7.69. The molecule has 1 saturated heterocycles. The first-order chi connectivity index (χ1) is 20.4. The predicted molar refractivity (Wildman–Crippen MR) is 160 cm³/mol. The number of nitrogens with zero attached hydrogens (tertiary/aromatic N) is 4. The van der Waals surface area contributed by atoms with Gasteiger partial charge in [0.1, 0.15) is 12.4 Å². The van der Waals surface area contributed by atoms with E-state index < -0.39 is 11.9 Å². The minimum absolute atomic E-state index is 0.397. The summed E-state index contributed by atoms with van der Waals surface area (Å²) in [7, 11) is 0. The van der Waals surface area contributed by atoms with Gasteiger partial charge in [-0.2, -0.15) is 0 Å². The number of aliphatic carboxylic acids is 2. The maximum absolute atomic E-state index is 9.55. The van der Waals surface area contributed by atoms with Crippen LogP contribution in [0.4, 0.5) is 5.95 Å². The predicted octanol–water partition coefficient (Wildman–Crippen LogP) is 4.95. The summed E-state index contributed by atoms with van der Waals surface area (Å²) in [5, 5.41) is 20.1. The van der Waals surface area contributed by atoms with Gasteiger partial charge in [-0.05, 0) is 49.2 Å². The molecular formula is C30H31N5O6S. The Hall–Kier alpha value is -4.68. The molecule has 1 fully saturated rings. The van der Waals surface area contributed by atoms with Crippen LogP contribution in [0, 0.1) is 0 Å². The number of carbonyl (C=O) groups is 2. The minimum atomic E-state index is -1.26. The first kappa shape index (κ1) is 28.8. The lowest BCUT2D eigenvalue weighted by Crippen LogP contribution is -2.41. The van der Waals surface area contributed by atoms with Crippen molar-refractivity contribution >= 4 is 50.5 Å². The summed E-state index contributed by atoms with van der Waals surface area (Å²) in [6.45, 7) is 4.33. The molecule has 218 valence electrons. The van der Waals surface area contributed by atoms with E-state index in [-0.39, 0.29) is 0 Å². The average Bonchev–Trinajstić information content (AvgIpc) is 3.73. The van der Waals surface area contributed by atoms with Crippen LogP contribution in [0.1, 0.15) is 18.6 Å². The second-order valence-electron chi connectivity index (χ2n) is 9.66. The van der Waals surface area contributed by atoms with E-state index in [0.29, 0.717) is 31.3 Å². The molecule has 5 aromatic rings. The SMILES string of the molecule is O=C(O)/C=C/C(=O)O.c1coc(Cn2c(NC3CCN(CCOc4nc5ccccc5s4)CC3)nc3ccccc32)c1. The number of nitrogens with one attached hydrogen (secondary N) is 1. The first-order valence-corrected chi connectivity index (χ1v) is 14.3. The number of carboxylic acids is 2. The van der Waals surface area contributed by atoms with Crippen molar-refractivity contribution in [2.75, 3.05) is 31.6 Å². The smallest absolute Gasteiger partial charge is 0.328 e. The van der Waals surface area contributed by atoms with Crippen molar-refractivity contribution in [2.45, 2.75) is 25.4 Å². The van der Waals surface area contributed by atoms with Gasteiger partial charge in [-0.15, -0.1) is 0 Å². The molecule has 3 N–H and O–H groups in total. The summed E-state index contributed by atoms with van der Waals surface area (Å²) in [6, 6.07) is 20.8. The highest BCUT2D eigenvalue weighted by Gasteiger charge is 2.22. The van der Waals surface area contributed by atoms with Gasteiger partial charge in [0, 0.05) is 37.8 Å². The lowest BCUT2D eigenvalue weighted by molar-refractivity contribution is -0.134. The molecule has 6 rings (SSSR count). The standard InChI is InChI=1S/C26H27N5O2S.C4H4O4/c1-3-9-23-21(7-1)28-25(31(23)18-20-6-5-16-32-20)27-19-11-13-30(14-12-19)15-17-33-26-29-22-8-2-4-10-24(22)34-26;5-3(6)1-2-4(7)8/h1-10,16,19H,11-15,17-18H2,(H,27,28);1-2H,(H,5,6)(H,7,8)/b;2-1+. The number of rotatable bonds is 10. The number of ether oxygens (including phenoxy) is 1. The molecule has 0 amide bonds. The van der Waals surface area contributed by atoms with Gasteiger partial charge in [-0.1, -0.05) is 35.6 Å². The molecule has 0 bridgehead atoms. The van der Waals surface area contributed by atoms with Gasteiger partial charge in [0.15, 0.2) is 0 Å². The highest BCUT2D eigenvalue weighted by molar-refractivity contribution is 7.20. The Bertz CT molecular complexity index is 1600. The Morgan fingerprint density at radius 2 is 1.69 bits per heavy atom. The van der Waals surface area contributed by atoms with Gasteiger partial charge < -0.3 is 29.3 Å². The van der Waals surface area contributed by atoms with E-state index in [4.69, 9.17) is 24.4 Å². The van der Waals surface area contributed by atoms with Gasteiger partial charge in [-0.3, -0.25) is 4.90 Å². The van der Waals surface area contributed by atoms with Crippen LogP contribution in [0.3, 0.4) is 0 Å². The van der Waals surface area contributed by atoms with Crippen LogP contribution in [0.25, 0.3) is 21.3 Å². The normalized spacial score (nSPS) is 14.2. The molecule has 1 aliphatic heterocycles. The number of para-hydroxylation sites is 3. The number of carboxylic acid groups (broad SMARTS) is 2. The van der Waals surface area contributed by atoms with Crippen molar-refractivity contribution in [3.05, 3.63) is 84.8 Å². The van der Waals surface area contributed by atoms with Crippen LogP contribution in [-0.2, 0) is 16.1 Å². The van der Waals surface area contributed by atoms with E-state index in [9.17, 15) is 9.59 Å². The number of anilines is 1. The van der Waals surface area contributed by atoms with Crippen LogP contribution < -0.4 is 10.1 Å². The summed E-state index contributed by atoms with van der Waals surface area (Å²) in [5.41, 5.74) is 3.12. The molecule has 12 heteroatoms. The fourth-order valence-electron chi connectivity index (χ4n) is 4.71. The Kier molecular flexibility index (Phi) is 9.47. The van der Waals surface area contributed by atoms with Crippen LogP contribution in [0.15, 0.2) is 83.5 Å². The van der Waals surface area contributed by atoms with Gasteiger partial charge in [0.05, 0.1) is 34.1 Å². The summed E-state index contributed by atoms with van der Waals surface area (Å²) in [5.74, 6) is -0.677. The number of fused-ring (bicyclic) bond motifs is 2. The third kappa shape index (κ3) is 7.74. The molecular weight excluding hydrogens is 558 g/mol. The number of hydrogen-bond donors (Lipinski definition) is 3. The second kappa shape index (κ2) is 13.8. The molecule has 42 heavy (non-hydrogen) atoms. The third-order valence-electron chi connectivity index (χ3n) is 6.75. The van der Waals surface area contributed by atoms with E-state index in [1.165, 1.54) is 4.70 Å². The molecule has 2 aromatic carbocycles. The molecule has 4 heterocycles. The number of hydrogen-bond acceptors (Lipinski definition) is 9. The van der Waals surface area contributed by atoms with E-state index in [1.54, 1.807) is 17.6 Å². The minimum Gasteiger partial charge on any atom is -0.478 e. The molecule has 0 unspecified atom stereocenters. The van der Waals surface area contributed by atoms with Crippen LogP contribution in [0.2, 0.25) is 0 Å². The molecule has 0 saturated carbocycles. The van der Waals surface area contributed by atoms with Crippen molar-refractivity contribution in [1.29, 1.82) is 0 Å². The number of thiazole rings is 1. The maximum Gasteiger partial charge on any atom is 0.328 e. The maximum atomic E-state index is 9.55. The molecule has 0 atom stereocenters. The zero-order valence-electron chi connectivity index (χ0n) is 22.8. The molecule has 0 radical (unpaired) electrons. The van der Waals surface area contributed by atoms with E-state index >= 15 is 0 Å². The number of imidazole rings is 1. The fourth-order valence-corrected chi connectivity index (χ4v) is 5.54. The van der Waals surface area contributed by atoms with Crippen molar-refractivity contribution in [2.24, 2.45) is 0 Å². The number of piperidine rings is 1. The highest BCUT2D eigenvalue weighted by atomic mass is 32.1. The zero-order chi connectivity index (χ0) is 29.3. The molecule has 0 spiro atoms. The van der Waals surface area contributed by atoms with Gasteiger partial charge in [-0.25, -0.2) is 19.6 Å². The van der Waals surface area contributed by atoms with Gasteiger partial charge in [0.25, 0.3) is 5.19 Å². The second-order valence-corrected chi connectivity index (χ2v) is 10.6. The van der Waals surface area contributed by atoms with Crippen molar-refractivity contribution in [1.82, 2.24) is 19.4 Å². The number of benzene rings is 2. The quantitative estimate of drug-likeness (QED) is 0.191. The molecule has 11 nitrogen and oxygen atoms in total. The number of aromatic nitrogens is 3. The van der Waals surface area contributed by atoms with Gasteiger partial charge >= 0.3 is 11.9 Å². The van der Waals surface area contributed by atoms with Gasteiger partial charge in [0.2, 0.25) is 5.95 Å². The Morgan fingerprint density at radius 3 is 2.38 bits per heavy atom. The topological polar surface area (TPSA) is 143 Å². The van der Waals surface area contributed by atoms with E-state index in [2.05, 4.69) is 44.0 Å². The summed E-state index contributed by atoms with van der Waals surface area (Å²) >= 11 is 1.61. The lowest BCUT2D eigenvalue weighted by atomic mass is 10.1. The Morgan fingerprint density at radius 1 is 0.976 bits per heavy atom. The largest absolute Gasteiger partial charge is 0.478 e. The first-order valence-electron chi connectivity index (χ1n) is 13.5. The highest BCUT2D eigenvalue weighted by Crippen LogP contribution is 2.27. The van der Waals surface area contributed by atoms with Crippen LogP contribution in [0.5, 0.6) is 5.19 Å². The van der Waals surface area contributed by atoms with E-state index in [0.717, 1.165) is 65.9 Å². The fraction of sp³-hybridized carbons (Fsp3) is 0.267. The van der Waals surface area contributed by atoms with Crippen LogP contribution in [-0.4, -0.2) is 73.9 Å². The summed E-state index contributed by atoms with van der Waals surface area (Å²) < 4.78 is 14.9. The zero-order valence-corrected chi connectivity index (χ0v) is 23.6. The Balaban J connectivity index is 0.000000390. The van der Waals surface area contributed by atoms with Crippen molar-refractivity contribution in [3.8, 4) is 5.19 Å². The summed E-state index contributed by atoms with van der Waals surface area (Å²) in [6.07, 6.45) is 4.98. The Labute approximate surface area is 245 Å².